The minimum atomic E-state index is 0.860. The van der Waals surface area contributed by atoms with E-state index in [1.54, 1.807) is 7.11 Å². The van der Waals surface area contributed by atoms with Crippen LogP contribution in [0, 0.1) is 6.92 Å². The molecule has 86 valence electrons. The monoisotopic (exact) mass is 224 g/mol. The molecule has 2 aromatic rings. The predicted octanol–water partition coefficient (Wildman–Crippen LogP) is 4.07. The molecule has 0 saturated heterocycles. The Balaban J connectivity index is 2.44. The summed E-state index contributed by atoms with van der Waals surface area (Å²) in [6.07, 6.45) is 0. The van der Waals surface area contributed by atoms with Crippen molar-refractivity contribution in [2.45, 2.75) is 6.92 Å². The summed E-state index contributed by atoms with van der Waals surface area (Å²) in [7, 11) is 1.68. The van der Waals surface area contributed by atoms with Crippen LogP contribution in [-0.4, -0.2) is 7.11 Å². The average molecular weight is 224 g/mol. The molecule has 0 bridgehead atoms. The van der Waals surface area contributed by atoms with Gasteiger partial charge in [0.2, 0.25) is 0 Å². The van der Waals surface area contributed by atoms with Gasteiger partial charge in [0, 0.05) is 5.56 Å². The van der Waals surface area contributed by atoms with Crippen LogP contribution in [0.4, 0.5) is 0 Å². The third-order valence-corrected chi connectivity index (χ3v) is 2.80. The molecule has 0 aliphatic rings. The summed E-state index contributed by atoms with van der Waals surface area (Å²) in [5, 5.41) is 0. The van der Waals surface area contributed by atoms with Crippen molar-refractivity contribution in [3.8, 4) is 5.75 Å². The molecule has 0 fully saturated rings. The summed E-state index contributed by atoms with van der Waals surface area (Å²) in [5.74, 6) is 0.860. The minimum absolute atomic E-state index is 0.860. The highest BCUT2D eigenvalue weighted by Gasteiger charge is 2.07. The molecule has 2 aromatic carbocycles. The van der Waals surface area contributed by atoms with Crippen LogP contribution in [0.1, 0.15) is 16.7 Å². The molecule has 1 nitrogen and oxygen atoms in total. The van der Waals surface area contributed by atoms with Crippen molar-refractivity contribution in [3.05, 3.63) is 71.8 Å². The number of aryl methyl sites for hydroxylation is 1. The van der Waals surface area contributed by atoms with Gasteiger partial charge in [-0.25, -0.2) is 0 Å². The maximum absolute atomic E-state index is 5.36. The van der Waals surface area contributed by atoms with E-state index in [0.717, 1.165) is 22.4 Å². The molecule has 0 unspecified atom stereocenters. The number of ether oxygens (including phenoxy) is 1. The van der Waals surface area contributed by atoms with Crippen molar-refractivity contribution in [2.75, 3.05) is 7.11 Å². The van der Waals surface area contributed by atoms with E-state index in [2.05, 4.69) is 31.7 Å². The van der Waals surface area contributed by atoms with Gasteiger partial charge in [-0.3, -0.25) is 0 Å². The largest absolute Gasteiger partial charge is 0.496 e. The van der Waals surface area contributed by atoms with Crippen molar-refractivity contribution in [2.24, 2.45) is 0 Å². The highest BCUT2D eigenvalue weighted by Crippen LogP contribution is 2.29. The van der Waals surface area contributed by atoms with Gasteiger partial charge in [-0.05, 0) is 24.1 Å². The maximum atomic E-state index is 5.36. The summed E-state index contributed by atoms with van der Waals surface area (Å²) < 4.78 is 5.36. The molecule has 0 N–H and O–H groups in total. The predicted molar refractivity (Wildman–Crippen MR) is 72.3 cm³/mol. The smallest absolute Gasteiger partial charge is 0.126 e. The van der Waals surface area contributed by atoms with Gasteiger partial charge in [0.05, 0.1) is 7.11 Å². The molecule has 0 aliphatic heterocycles. The fourth-order valence-corrected chi connectivity index (χ4v) is 1.88. The molecule has 0 spiro atoms. The zero-order valence-electron chi connectivity index (χ0n) is 10.2. The second-order valence-electron chi connectivity index (χ2n) is 4.05. The fraction of sp³-hybridized carbons (Fsp3) is 0.125. The van der Waals surface area contributed by atoms with Crippen LogP contribution in [0.25, 0.3) is 5.57 Å². The van der Waals surface area contributed by atoms with Gasteiger partial charge < -0.3 is 4.74 Å². The third kappa shape index (κ3) is 2.39. The van der Waals surface area contributed by atoms with Crippen LogP contribution in [0.3, 0.4) is 0 Å². The molecule has 2 rings (SSSR count). The Hall–Kier alpha value is -2.02. The lowest BCUT2D eigenvalue weighted by Gasteiger charge is -2.11. The van der Waals surface area contributed by atoms with Crippen LogP contribution in [0.5, 0.6) is 5.75 Å². The topological polar surface area (TPSA) is 9.23 Å². The molecular formula is C16H16O. The van der Waals surface area contributed by atoms with Crippen molar-refractivity contribution in [1.82, 2.24) is 0 Å². The summed E-state index contributed by atoms with van der Waals surface area (Å²) in [6.45, 7) is 6.25. The van der Waals surface area contributed by atoms with E-state index in [1.807, 2.05) is 30.3 Å². The van der Waals surface area contributed by atoms with E-state index in [9.17, 15) is 0 Å². The van der Waals surface area contributed by atoms with Gasteiger partial charge in [-0.2, -0.15) is 0 Å². The first-order chi connectivity index (χ1) is 8.22. The molecule has 0 atom stereocenters. The average Bonchev–Trinajstić information content (AvgIpc) is 2.38. The highest BCUT2D eigenvalue weighted by atomic mass is 16.5. The van der Waals surface area contributed by atoms with Crippen LogP contribution in [0.2, 0.25) is 0 Å². The maximum Gasteiger partial charge on any atom is 0.126 e. The van der Waals surface area contributed by atoms with Gasteiger partial charge in [0.25, 0.3) is 0 Å². The number of rotatable bonds is 3. The highest BCUT2D eigenvalue weighted by molar-refractivity contribution is 5.81. The quantitative estimate of drug-likeness (QED) is 0.763. The van der Waals surface area contributed by atoms with E-state index in [0.29, 0.717) is 0 Å². The first-order valence-electron chi connectivity index (χ1n) is 5.61. The Kier molecular flexibility index (Phi) is 3.29. The number of para-hydroxylation sites is 1. The summed E-state index contributed by atoms with van der Waals surface area (Å²) in [6, 6.07) is 16.3. The number of hydrogen-bond donors (Lipinski definition) is 0. The first-order valence-corrected chi connectivity index (χ1v) is 5.61. The van der Waals surface area contributed by atoms with Crippen molar-refractivity contribution >= 4 is 5.57 Å². The molecule has 1 heteroatoms. The number of hydrogen-bond acceptors (Lipinski definition) is 1. The lowest BCUT2D eigenvalue weighted by atomic mass is 9.97. The van der Waals surface area contributed by atoms with Gasteiger partial charge >= 0.3 is 0 Å². The van der Waals surface area contributed by atoms with Gasteiger partial charge in [0.15, 0.2) is 0 Å². The van der Waals surface area contributed by atoms with Crippen LogP contribution >= 0.6 is 0 Å². The lowest BCUT2D eigenvalue weighted by Crippen LogP contribution is -1.92. The standard InChI is InChI=1S/C16H16O/c1-12-7-6-8-14(11-12)13(2)15-9-4-5-10-16(15)17-3/h4-11H,2H2,1,3H3. The molecule has 0 aliphatic carbocycles. The Morgan fingerprint density at radius 3 is 2.53 bits per heavy atom. The Morgan fingerprint density at radius 1 is 1.06 bits per heavy atom. The van der Waals surface area contributed by atoms with Gasteiger partial charge in [0.1, 0.15) is 5.75 Å². The van der Waals surface area contributed by atoms with Gasteiger partial charge in [-0.15, -0.1) is 0 Å². The molecular weight excluding hydrogens is 208 g/mol. The van der Waals surface area contributed by atoms with E-state index in [-0.39, 0.29) is 0 Å². The van der Waals surface area contributed by atoms with E-state index in [1.165, 1.54) is 5.56 Å². The zero-order chi connectivity index (χ0) is 12.3. The van der Waals surface area contributed by atoms with Crippen molar-refractivity contribution in [1.29, 1.82) is 0 Å². The van der Waals surface area contributed by atoms with E-state index >= 15 is 0 Å². The molecule has 0 radical (unpaired) electrons. The summed E-state index contributed by atoms with van der Waals surface area (Å²) in [4.78, 5) is 0. The fourth-order valence-electron chi connectivity index (χ4n) is 1.88. The SMILES string of the molecule is C=C(c1cccc(C)c1)c1ccccc1OC. The molecule has 17 heavy (non-hydrogen) atoms. The first kappa shape index (κ1) is 11.5. The van der Waals surface area contributed by atoms with Crippen LogP contribution in [0.15, 0.2) is 55.1 Å². The number of methoxy groups -OCH3 is 1. The minimum Gasteiger partial charge on any atom is -0.496 e. The zero-order valence-corrected chi connectivity index (χ0v) is 10.2. The lowest BCUT2D eigenvalue weighted by molar-refractivity contribution is 0.413. The summed E-state index contributed by atoms with van der Waals surface area (Å²) in [5.41, 5.74) is 4.40. The van der Waals surface area contributed by atoms with Gasteiger partial charge in [-0.1, -0.05) is 54.6 Å². The Morgan fingerprint density at radius 2 is 1.82 bits per heavy atom. The summed E-state index contributed by atoms with van der Waals surface area (Å²) >= 11 is 0. The van der Waals surface area contributed by atoms with Crippen molar-refractivity contribution < 1.29 is 4.74 Å². The third-order valence-electron chi connectivity index (χ3n) is 2.80. The van der Waals surface area contributed by atoms with E-state index < -0.39 is 0 Å². The van der Waals surface area contributed by atoms with Crippen LogP contribution in [-0.2, 0) is 0 Å². The Labute approximate surface area is 102 Å². The van der Waals surface area contributed by atoms with E-state index in [4.69, 9.17) is 4.74 Å². The molecule has 0 amide bonds. The number of benzene rings is 2. The van der Waals surface area contributed by atoms with Crippen molar-refractivity contribution in [3.63, 3.8) is 0 Å². The molecule has 0 saturated carbocycles. The van der Waals surface area contributed by atoms with Crippen LogP contribution < -0.4 is 4.74 Å². The molecule has 0 heterocycles. The normalized spacial score (nSPS) is 10.0. The Bertz CT molecular complexity index is 541. The second kappa shape index (κ2) is 4.88. The second-order valence-corrected chi connectivity index (χ2v) is 4.05. The molecule has 0 aromatic heterocycles.